The van der Waals surface area contributed by atoms with Gasteiger partial charge in [-0.3, -0.25) is 0 Å². The van der Waals surface area contributed by atoms with Gasteiger partial charge in [-0.1, -0.05) is 44.0 Å². The fourth-order valence-electron chi connectivity index (χ4n) is 2.37. The van der Waals surface area contributed by atoms with Crippen LogP contribution in [0.5, 0.6) is 0 Å². The van der Waals surface area contributed by atoms with E-state index in [2.05, 4.69) is 0 Å². The average Bonchev–Trinajstić information content (AvgIpc) is 2.81. The molecule has 2 rings (SSSR count). The second kappa shape index (κ2) is 6.84. The van der Waals surface area contributed by atoms with Crippen LogP contribution >= 0.6 is 41.7 Å². The molecule has 1 atom stereocenters. The largest absolute Gasteiger partial charge is 0.477 e. The number of hydrogen-bond donors (Lipinski definition) is 1. The molecule has 0 aliphatic rings. The van der Waals surface area contributed by atoms with Gasteiger partial charge in [0.2, 0.25) is 0 Å². The normalized spacial score (nSPS) is 14.4. The van der Waals surface area contributed by atoms with Crippen molar-refractivity contribution in [3.8, 4) is 0 Å². The van der Waals surface area contributed by atoms with Crippen LogP contribution in [0.15, 0.2) is 24.3 Å². The van der Waals surface area contributed by atoms with Crippen molar-refractivity contribution in [3.05, 3.63) is 49.6 Å². The summed E-state index contributed by atoms with van der Waals surface area (Å²) in [7, 11) is -2.88. The van der Waals surface area contributed by atoms with Crippen LogP contribution in [0.25, 0.3) is 0 Å². The smallest absolute Gasteiger partial charge is 0.346 e. The molecule has 3 nitrogen and oxygen atoms in total. The fraction of sp³-hybridized carbons (Fsp3) is 0.353. The number of aromatic carboxylic acids is 1. The number of benzene rings is 1. The predicted octanol–water partition coefficient (Wildman–Crippen LogP) is 5.87. The highest BCUT2D eigenvalue weighted by atomic mass is 35.5. The van der Waals surface area contributed by atoms with Gasteiger partial charge in [-0.05, 0) is 41.9 Å². The highest BCUT2D eigenvalue weighted by Gasteiger charge is 2.28. The zero-order valence-corrected chi connectivity index (χ0v) is 17.1. The van der Waals surface area contributed by atoms with Gasteiger partial charge in [-0.25, -0.2) is 4.79 Å². The monoisotopic (exact) mass is 404 g/mol. The summed E-state index contributed by atoms with van der Waals surface area (Å²) in [5.74, 6) is -0.993. The van der Waals surface area contributed by atoms with Crippen LogP contribution in [0.1, 0.15) is 40.9 Å². The highest BCUT2D eigenvalue weighted by Crippen LogP contribution is 2.48. The van der Waals surface area contributed by atoms with Gasteiger partial charge in [-0.15, -0.1) is 11.3 Å². The van der Waals surface area contributed by atoms with Crippen molar-refractivity contribution >= 4 is 53.0 Å². The summed E-state index contributed by atoms with van der Waals surface area (Å²) in [6, 6.07) is 6.71. The van der Waals surface area contributed by atoms with Crippen molar-refractivity contribution in [2.24, 2.45) is 0 Å². The number of carboxylic acids is 1. The molecule has 1 aromatic carbocycles. The molecule has 0 saturated heterocycles. The lowest BCUT2D eigenvalue weighted by Gasteiger charge is -2.16. The zero-order valence-electron chi connectivity index (χ0n) is 13.9. The quantitative estimate of drug-likeness (QED) is 0.648. The van der Waals surface area contributed by atoms with E-state index >= 15 is 0 Å². The van der Waals surface area contributed by atoms with Gasteiger partial charge in [0.15, 0.2) is 0 Å². The van der Waals surface area contributed by atoms with Crippen LogP contribution in [0, 0.1) is 0 Å². The van der Waals surface area contributed by atoms with Gasteiger partial charge in [0.25, 0.3) is 0 Å². The number of thiophene rings is 1. The van der Waals surface area contributed by atoms with Gasteiger partial charge in [0.05, 0.1) is 5.02 Å². The molecule has 7 heteroatoms. The van der Waals surface area contributed by atoms with Crippen LogP contribution in [0.4, 0.5) is 0 Å². The Morgan fingerprint density at radius 1 is 1.25 bits per heavy atom. The molecule has 1 unspecified atom stereocenters. The highest BCUT2D eigenvalue weighted by molar-refractivity contribution is 7.70. The molecule has 1 N–H and O–H groups in total. The molecule has 0 amide bonds. The molecule has 1 heterocycles. The summed E-state index contributed by atoms with van der Waals surface area (Å²) < 4.78 is 13.2. The maximum absolute atomic E-state index is 13.2. The molecule has 0 spiro atoms. The Balaban J connectivity index is 2.47. The van der Waals surface area contributed by atoms with E-state index in [0.717, 1.165) is 4.88 Å². The Morgan fingerprint density at radius 2 is 1.88 bits per heavy atom. The third-order valence-electron chi connectivity index (χ3n) is 3.63. The van der Waals surface area contributed by atoms with E-state index in [9.17, 15) is 14.5 Å². The summed E-state index contributed by atoms with van der Waals surface area (Å²) >= 11 is 13.3. The molecule has 130 valence electrons. The zero-order chi connectivity index (χ0) is 18.3. The van der Waals surface area contributed by atoms with E-state index in [1.165, 1.54) is 11.3 Å². The Kier molecular flexibility index (Phi) is 5.56. The first-order valence-corrected chi connectivity index (χ1v) is 11.2. The molecule has 0 aliphatic carbocycles. The van der Waals surface area contributed by atoms with Gasteiger partial charge in [0, 0.05) is 21.4 Å². The maximum atomic E-state index is 13.2. The molecule has 24 heavy (non-hydrogen) atoms. The van der Waals surface area contributed by atoms with Gasteiger partial charge in [0.1, 0.15) is 12.0 Å². The lowest BCUT2D eigenvalue weighted by atomic mass is 9.94. The fourth-order valence-corrected chi connectivity index (χ4v) is 6.48. The van der Waals surface area contributed by atoms with Gasteiger partial charge < -0.3 is 9.67 Å². The summed E-state index contributed by atoms with van der Waals surface area (Å²) in [6.07, 6.45) is 0.155. The van der Waals surface area contributed by atoms with E-state index in [-0.39, 0.29) is 16.5 Å². The van der Waals surface area contributed by atoms with E-state index in [1.807, 2.05) is 26.8 Å². The Bertz CT molecular complexity index is 837. The lowest BCUT2D eigenvalue weighted by molar-refractivity contribution is 0.0701. The first-order valence-electron chi connectivity index (χ1n) is 7.30. The first kappa shape index (κ1) is 19.5. The van der Waals surface area contributed by atoms with Gasteiger partial charge >= 0.3 is 5.97 Å². The van der Waals surface area contributed by atoms with Crippen molar-refractivity contribution in [2.75, 3.05) is 6.66 Å². The minimum atomic E-state index is -2.88. The standard InChI is InChI=1S/C17H19Cl2O3PS/c1-17(2,3)14-7-10(15(24-14)16(20)21)9-23(4,22)13-6-5-11(18)8-12(13)19/h5-8H,9H2,1-4H3,(H,20,21). The minimum absolute atomic E-state index is 0.155. The van der Waals surface area contributed by atoms with Crippen LogP contribution in [-0.2, 0) is 16.1 Å². The van der Waals surface area contributed by atoms with Crippen molar-refractivity contribution in [3.63, 3.8) is 0 Å². The van der Waals surface area contributed by atoms with Crippen molar-refractivity contribution in [1.82, 2.24) is 0 Å². The Hall–Kier alpha value is -0.800. The third kappa shape index (κ3) is 4.23. The number of halogens is 2. The topological polar surface area (TPSA) is 54.4 Å². The molecule has 0 bridgehead atoms. The van der Waals surface area contributed by atoms with E-state index in [4.69, 9.17) is 23.2 Å². The van der Waals surface area contributed by atoms with Crippen molar-refractivity contribution in [2.45, 2.75) is 32.3 Å². The Labute approximate surface area is 156 Å². The molecule has 2 aromatic rings. The molecule has 0 radical (unpaired) electrons. The van der Waals surface area contributed by atoms with Crippen LogP contribution in [0.3, 0.4) is 0 Å². The summed E-state index contributed by atoms with van der Waals surface area (Å²) in [6.45, 7) is 7.70. The maximum Gasteiger partial charge on any atom is 0.346 e. The Morgan fingerprint density at radius 3 is 2.38 bits per heavy atom. The molecular formula is C17H19Cl2O3PS. The average molecular weight is 405 g/mol. The SMILES string of the molecule is CC(C)(C)c1cc(CP(C)(=O)c2ccc(Cl)cc2Cl)c(C(=O)O)s1. The lowest BCUT2D eigenvalue weighted by Crippen LogP contribution is -2.09. The number of carbonyl (C=O) groups is 1. The summed E-state index contributed by atoms with van der Waals surface area (Å²) in [4.78, 5) is 12.8. The number of rotatable bonds is 4. The van der Waals surface area contributed by atoms with Crippen LogP contribution in [-0.4, -0.2) is 17.7 Å². The molecular weight excluding hydrogens is 386 g/mol. The predicted molar refractivity (Wildman–Crippen MR) is 103 cm³/mol. The molecule has 0 saturated carbocycles. The molecule has 0 fully saturated rings. The van der Waals surface area contributed by atoms with Crippen LogP contribution < -0.4 is 5.30 Å². The number of carboxylic acid groups (broad SMARTS) is 1. The minimum Gasteiger partial charge on any atom is -0.477 e. The summed E-state index contributed by atoms with van der Waals surface area (Å²) in [5, 5.41) is 10.8. The second-order valence-corrected chi connectivity index (χ2v) is 11.8. The third-order valence-corrected chi connectivity index (χ3v) is 8.26. The first-order chi connectivity index (χ1) is 10.9. The van der Waals surface area contributed by atoms with Gasteiger partial charge in [-0.2, -0.15) is 0 Å². The molecule has 0 aliphatic heterocycles. The molecule has 1 aromatic heterocycles. The van der Waals surface area contributed by atoms with E-state index in [0.29, 0.717) is 20.9 Å². The van der Waals surface area contributed by atoms with E-state index < -0.39 is 13.1 Å². The summed E-state index contributed by atoms with van der Waals surface area (Å²) in [5.41, 5.74) is 0.428. The number of hydrogen-bond acceptors (Lipinski definition) is 3. The second-order valence-electron chi connectivity index (χ2n) is 6.87. The van der Waals surface area contributed by atoms with Crippen LogP contribution in [0.2, 0.25) is 10.0 Å². The van der Waals surface area contributed by atoms with E-state index in [1.54, 1.807) is 24.9 Å². The van der Waals surface area contributed by atoms with Crippen molar-refractivity contribution in [1.29, 1.82) is 0 Å². The van der Waals surface area contributed by atoms with Crippen molar-refractivity contribution < 1.29 is 14.5 Å².